The van der Waals surface area contributed by atoms with Gasteiger partial charge in [0.2, 0.25) is 11.7 Å². The smallest absolute Gasteiger partial charge is 0.246 e. The fourth-order valence-electron chi connectivity index (χ4n) is 2.81. The first-order chi connectivity index (χ1) is 14.0. The molecule has 3 aromatic rings. The molecule has 0 aliphatic heterocycles. The van der Waals surface area contributed by atoms with Crippen LogP contribution in [0.25, 0.3) is 11.4 Å². The van der Waals surface area contributed by atoms with E-state index in [0.717, 1.165) is 5.56 Å². The maximum Gasteiger partial charge on any atom is 0.246 e. The van der Waals surface area contributed by atoms with E-state index in [0.29, 0.717) is 23.7 Å². The molecule has 0 fully saturated rings. The third-order valence-electron chi connectivity index (χ3n) is 4.38. The summed E-state index contributed by atoms with van der Waals surface area (Å²) in [6.07, 6.45) is 0. The molecule has 0 saturated carbocycles. The maximum absolute atomic E-state index is 13.9. The number of aromatic nitrogens is 4. The molecule has 0 aliphatic rings. The number of ether oxygens (including phenoxy) is 2. The van der Waals surface area contributed by atoms with Gasteiger partial charge in [-0.1, -0.05) is 18.2 Å². The molecule has 152 valence electrons. The van der Waals surface area contributed by atoms with Crippen LogP contribution in [-0.4, -0.2) is 51.8 Å². The Balaban J connectivity index is 1.68. The van der Waals surface area contributed by atoms with E-state index in [2.05, 4.69) is 15.4 Å². The molecule has 29 heavy (non-hydrogen) atoms. The predicted octanol–water partition coefficient (Wildman–Crippen LogP) is 2.55. The number of carbonyl (C=O) groups excluding carboxylic acids is 1. The molecule has 3 rings (SSSR count). The van der Waals surface area contributed by atoms with Gasteiger partial charge in [0.25, 0.3) is 0 Å². The normalized spacial score (nSPS) is 10.6. The molecule has 0 atom stereocenters. The van der Waals surface area contributed by atoms with Gasteiger partial charge in [0, 0.05) is 18.7 Å². The second kappa shape index (κ2) is 9.13. The number of halogens is 1. The van der Waals surface area contributed by atoms with Crippen LogP contribution in [0.15, 0.2) is 42.5 Å². The predicted molar refractivity (Wildman–Crippen MR) is 104 cm³/mol. The van der Waals surface area contributed by atoms with Crippen LogP contribution in [0.4, 0.5) is 4.39 Å². The van der Waals surface area contributed by atoms with E-state index >= 15 is 0 Å². The van der Waals surface area contributed by atoms with E-state index in [1.54, 1.807) is 30.2 Å². The van der Waals surface area contributed by atoms with Crippen LogP contribution in [0.3, 0.4) is 0 Å². The van der Waals surface area contributed by atoms with Gasteiger partial charge in [0.05, 0.1) is 14.2 Å². The highest BCUT2D eigenvalue weighted by Gasteiger charge is 2.16. The fourth-order valence-corrected chi connectivity index (χ4v) is 2.81. The van der Waals surface area contributed by atoms with Gasteiger partial charge >= 0.3 is 0 Å². The number of likely N-dealkylation sites (N-methyl/N-ethyl adjacent to an activating group) is 1. The first-order valence-corrected chi connectivity index (χ1v) is 9.06. The second-order valence-electron chi connectivity index (χ2n) is 6.25. The highest BCUT2D eigenvalue weighted by Crippen LogP contribution is 2.20. The molecule has 0 radical (unpaired) electrons. The van der Waals surface area contributed by atoms with E-state index in [9.17, 15) is 9.18 Å². The second-order valence-corrected chi connectivity index (χ2v) is 6.25. The number of benzene rings is 2. The molecule has 1 heterocycles. The third kappa shape index (κ3) is 4.87. The number of rotatable bonds is 8. The fraction of sp³-hybridized carbons (Fsp3) is 0.300. The largest absolute Gasteiger partial charge is 0.497 e. The molecule has 2 aromatic carbocycles. The average molecular weight is 399 g/mol. The summed E-state index contributed by atoms with van der Waals surface area (Å²) in [5.74, 6) is 0.587. The van der Waals surface area contributed by atoms with Gasteiger partial charge in [-0.25, -0.2) is 4.39 Å². The van der Waals surface area contributed by atoms with Crippen LogP contribution in [-0.2, 0) is 17.9 Å². The molecular formula is C20H22FN5O3. The molecule has 1 aromatic heterocycles. The lowest BCUT2D eigenvalue weighted by Gasteiger charge is -2.20. The van der Waals surface area contributed by atoms with Crippen molar-refractivity contribution in [3.63, 3.8) is 0 Å². The minimum Gasteiger partial charge on any atom is -0.497 e. The summed E-state index contributed by atoms with van der Waals surface area (Å²) in [4.78, 5) is 15.5. The molecular weight excluding hydrogens is 377 g/mol. The summed E-state index contributed by atoms with van der Waals surface area (Å²) in [6, 6.07) is 11.9. The highest BCUT2D eigenvalue weighted by molar-refractivity contribution is 5.75. The van der Waals surface area contributed by atoms with E-state index in [1.165, 1.54) is 18.0 Å². The maximum atomic E-state index is 13.9. The van der Waals surface area contributed by atoms with Crippen molar-refractivity contribution in [3.8, 4) is 22.9 Å². The van der Waals surface area contributed by atoms with Crippen LogP contribution < -0.4 is 9.47 Å². The monoisotopic (exact) mass is 399 g/mol. The van der Waals surface area contributed by atoms with Crippen molar-refractivity contribution in [1.82, 2.24) is 25.1 Å². The topological polar surface area (TPSA) is 82.4 Å². The van der Waals surface area contributed by atoms with Gasteiger partial charge in [0.15, 0.2) is 11.6 Å². The van der Waals surface area contributed by atoms with Crippen LogP contribution in [0.2, 0.25) is 0 Å². The minimum atomic E-state index is -0.464. The molecule has 8 nitrogen and oxygen atoms in total. The molecule has 1 amide bonds. The Hall–Kier alpha value is -3.49. The van der Waals surface area contributed by atoms with Gasteiger partial charge < -0.3 is 14.4 Å². The Kier molecular flexibility index (Phi) is 6.38. The molecule has 0 saturated heterocycles. The lowest BCUT2D eigenvalue weighted by atomic mass is 10.2. The van der Waals surface area contributed by atoms with Gasteiger partial charge in [-0.05, 0) is 42.0 Å². The number of tetrazole rings is 1. The van der Waals surface area contributed by atoms with Gasteiger partial charge in [-0.15, -0.1) is 10.2 Å². The molecule has 0 bridgehead atoms. The quantitative estimate of drug-likeness (QED) is 0.579. The van der Waals surface area contributed by atoms with Gasteiger partial charge in [0.1, 0.15) is 12.3 Å². The minimum absolute atomic E-state index is 0.0660. The third-order valence-corrected chi connectivity index (χ3v) is 4.38. The van der Waals surface area contributed by atoms with Crippen molar-refractivity contribution in [2.24, 2.45) is 0 Å². The van der Waals surface area contributed by atoms with Crippen molar-refractivity contribution in [3.05, 3.63) is 53.8 Å². The molecule has 0 N–H and O–H groups in total. The molecule has 9 heteroatoms. The lowest BCUT2D eigenvalue weighted by Crippen LogP contribution is -2.33. The van der Waals surface area contributed by atoms with Crippen molar-refractivity contribution < 1.29 is 18.7 Å². The zero-order valence-electron chi connectivity index (χ0n) is 16.5. The summed E-state index contributed by atoms with van der Waals surface area (Å²) >= 11 is 0. The van der Waals surface area contributed by atoms with Crippen molar-refractivity contribution in [2.45, 2.75) is 20.0 Å². The van der Waals surface area contributed by atoms with Crippen LogP contribution in [0, 0.1) is 5.82 Å². The molecule has 0 unspecified atom stereocenters. The SMILES string of the molecule is CCN(Cc1ccc(OC)c(F)c1)C(=O)Cn1nnc(-c2cccc(OC)c2)n1. The van der Waals surface area contributed by atoms with Crippen molar-refractivity contribution in [2.75, 3.05) is 20.8 Å². The lowest BCUT2D eigenvalue weighted by molar-refractivity contribution is -0.132. The summed E-state index contributed by atoms with van der Waals surface area (Å²) in [6.45, 7) is 2.52. The Bertz CT molecular complexity index is 992. The summed E-state index contributed by atoms with van der Waals surface area (Å²) in [5, 5.41) is 12.2. The number of hydrogen-bond donors (Lipinski definition) is 0. The number of nitrogens with zero attached hydrogens (tertiary/aromatic N) is 5. The van der Waals surface area contributed by atoms with E-state index in [4.69, 9.17) is 9.47 Å². The summed E-state index contributed by atoms with van der Waals surface area (Å²) in [5.41, 5.74) is 1.41. The highest BCUT2D eigenvalue weighted by atomic mass is 19.1. The van der Waals surface area contributed by atoms with Crippen molar-refractivity contribution >= 4 is 5.91 Å². The number of carbonyl (C=O) groups is 1. The number of hydrogen-bond acceptors (Lipinski definition) is 6. The van der Waals surface area contributed by atoms with E-state index in [1.807, 2.05) is 25.1 Å². The van der Waals surface area contributed by atoms with Crippen LogP contribution in [0.5, 0.6) is 11.5 Å². The van der Waals surface area contributed by atoms with Crippen LogP contribution in [0.1, 0.15) is 12.5 Å². The first kappa shape index (κ1) is 20.2. The van der Waals surface area contributed by atoms with E-state index in [-0.39, 0.29) is 24.7 Å². The Labute approximate surface area is 167 Å². The van der Waals surface area contributed by atoms with Crippen LogP contribution >= 0.6 is 0 Å². The zero-order chi connectivity index (χ0) is 20.8. The van der Waals surface area contributed by atoms with E-state index < -0.39 is 5.82 Å². The molecule has 0 aliphatic carbocycles. The Morgan fingerprint density at radius 3 is 2.69 bits per heavy atom. The Morgan fingerprint density at radius 2 is 2.00 bits per heavy atom. The summed E-state index contributed by atoms with van der Waals surface area (Å²) in [7, 11) is 2.99. The average Bonchev–Trinajstić information content (AvgIpc) is 3.20. The molecule has 0 spiro atoms. The zero-order valence-corrected chi connectivity index (χ0v) is 16.5. The number of amides is 1. The first-order valence-electron chi connectivity index (χ1n) is 9.06. The van der Waals surface area contributed by atoms with Crippen molar-refractivity contribution in [1.29, 1.82) is 0 Å². The number of methoxy groups -OCH3 is 2. The van der Waals surface area contributed by atoms with Gasteiger partial charge in [-0.2, -0.15) is 4.80 Å². The standard InChI is InChI=1S/C20H22FN5O3/c1-4-25(12-14-8-9-18(29-3)17(21)10-14)19(27)13-26-23-20(22-24-26)15-6-5-7-16(11-15)28-2/h5-11H,4,12-13H2,1-3H3. The Morgan fingerprint density at radius 1 is 1.17 bits per heavy atom. The summed E-state index contributed by atoms with van der Waals surface area (Å²) < 4.78 is 24.0. The van der Waals surface area contributed by atoms with Gasteiger partial charge in [-0.3, -0.25) is 4.79 Å².